The second-order valence-electron chi connectivity index (χ2n) is 9.04. The zero-order chi connectivity index (χ0) is 23.8. The summed E-state index contributed by atoms with van der Waals surface area (Å²) in [5.74, 6) is 0.284. The van der Waals surface area contributed by atoms with E-state index in [2.05, 4.69) is 19.1 Å². The van der Waals surface area contributed by atoms with E-state index in [1.54, 1.807) is 4.31 Å². The SMILES string of the molecule is CCCCCCCCCCS(=O)(=O)N(CCCCCCCC#N)CCCCCCCC#N. The van der Waals surface area contributed by atoms with Gasteiger partial charge in [0.2, 0.25) is 10.0 Å². The molecule has 0 aromatic heterocycles. The van der Waals surface area contributed by atoms with Gasteiger partial charge in [-0.3, -0.25) is 0 Å². The molecule has 0 bridgehead atoms. The highest BCUT2D eigenvalue weighted by Gasteiger charge is 2.20. The first kappa shape index (κ1) is 30.9. The largest absolute Gasteiger partial charge is 0.214 e. The van der Waals surface area contributed by atoms with E-state index in [1.165, 1.54) is 32.1 Å². The van der Waals surface area contributed by atoms with Crippen LogP contribution in [0.3, 0.4) is 0 Å². The van der Waals surface area contributed by atoms with Gasteiger partial charge in [0, 0.05) is 25.9 Å². The van der Waals surface area contributed by atoms with E-state index < -0.39 is 10.0 Å². The van der Waals surface area contributed by atoms with E-state index in [0.717, 1.165) is 83.5 Å². The summed E-state index contributed by atoms with van der Waals surface area (Å²) in [6, 6.07) is 4.36. The normalized spacial score (nSPS) is 11.5. The van der Waals surface area contributed by atoms with Crippen molar-refractivity contribution in [3.63, 3.8) is 0 Å². The topological polar surface area (TPSA) is 85.0 Å². The van der Waals surface area contributed by atoms with Crippen molar-refractivity contribution in [2.45, 2.75) is 135 Å². The quantitative estimate of drug-likeness (QED) is 0.138. The molecule has 0 rings (SSSR count). The van der Waals surface area contributed by atoms with Crippen LogP contribution in [-0.4, -0.2) is 31.6 Å². The summed E-state index contributed by atoms with van der Waals surface area (Å²) in [6.45, 7) is 3.48. The van der Waals surface area contributed by atoms with Crippen LogP contribution in [0.25, 0.3) is 0 Å². The lowest BCUT2D eigenvalue weighted by molar-refractivity contribution is 0.383. The van der Waals surface area contributed by atoms with Crippen LogP contribution in [0.2, 0.25) is 0 Å². The minimum Gasteiger partial charge on any atom is -0.212 e. The van der Waals surface area contributed by atoms with Gasteiger partial charge in [0.25, 0.3) is 0 Å². The Morgan fingerprint density at radius 1 is 0.562 bits per heavy atom. The third-order valence-corrected chi connectivity index (χ3v) is 8.00. The van der Waals surface area contributed by atoms with Gasteiger partial charge in [-0.1, -0.05) is 90.4 Å². The second-order valence-corrected chi connectivity index (χ2v) is 11.1. The van der Waals surface area contributed by atoms with Gasteiger partial charge in [0.15, 0.2) is 0 Å². The first-order valence-electron chi connectivity index (χ1n) is 13.3. The molecule has 32 heavy (non-hydrogen) atoms. The van der Waals surface area contributed by atoms with Crippen molar-refractivity contribution in [1.82, 2.24) is 4.31 Å². The summed E-state index contributed by atoms with van der Waals surface area (Å²) < 4.78 is 27.7. The van der Waals surface area contributed by atoms with Crippen molar-refractivity contribution in [2.24, 2.45) is 0 Å². The maximum atomic E-state index is 13.0. The van der Waals surface area contributed by atoms with Gasteiger partial charge < -0.3 is 0 Å². The van der Waals surface area contributed by atoms with Crippen LogP contribution in [0.5, 0.6) is 0 Å². The predicted octanol–water partition coefficient (Wildman–Crippen LogP) is 7.49. The van der Waals surface area contributed by atoms with Crippen molar-refractivity contribution < 1.29 is 8.42 Å². The minimum atomic E-state index is -3.18. The molecule has 0 atom stereocenters. The lowest BCUT2D eigenvalue weighted by Crippen LogP contribution is -2.35. The fourth-order valence-electron chi connectivity index (χ4n) is 3.98. The van der Waals surface area contributed by atoms with Crippen LogP contribution < -0.4 is 0 Å². The standard InChI is InChI=1S/C26H49N3O2S/c1-2-3-4-5-6-11-16-21-26-32(30,31)29(24-19-14-9-7-12-17-22-27)25-20-15-10-8-13-18-23-28/h2-21,24-26H2,1H3. The number of unbranched alkanes of at least 4 members (excludes halogenated alkanes) is 17. The number of hydrogen-bond acceptors (Lipinski definition) is 4. The highest BCUT2D eigenvalue weighted by molar-refractivity contribution is 7.89. The number of nitrogens with zero attached hydrogens (tertiary/aromatic N) is 3. The van der Waals surface area contributed by atoms with Crippen molar-refractivity contribution in [3.05, 3.63) is 0 Å². The predicted molar refractivity (Wildman–Crippen MR) is 135 cm³/mol. The van der Waals surface area contributed by atoms with E-state index in [1.807, 2.05) is 0 Å². The highest BCUT2D eigenvalue weighted by atomic mass is 32.2. The first-order chi connectivity index (χ1) is 15.6. The van der Waals surface area contributed by atoms with Crippen molar-refractivity contribution in [3.8, 4) is 12.1 Å². The molecule has 0 spiro atoms. The number of hydrogen-bond donors (Lipinski definition) is 0. The molecule has 0 aliphatic carbocycles. The number of nitriles is 2. The third-order valence-electron chi connectivity index (χ3n) is 6.04. The summed E-state index contributed by atoms with van der Waals surface area (Å²) in [5, 5.41) is 17.2. The molecule has 6 heteroatoms. The Labute approximate surface area is 199 Å². The molecule has 0 aliphatic heterocycles. The molecular formula is C26H49N3O2S. The van der Waals surface area contributed by atoms with Crippen LogP contribution in [0.15, 0.2) is 0 Å². The second kappa shape index (κ2) is 23.1. The molecule has 5 nitrogen and oxygen atoms in total. The molecule has 0 fully saturated rings. The number of rotatable bonds is 24. The molecule has 0 aromatic carbocycles. The van der Waals surface area contributed by atoms with Crippen LogP contribution in [0, 0.1) is 22.7 Å². The summed E-state index contributed by atoms with van der Waals surface area (Å²) in [5.41, 5.74) is 0. The molecule has 0 unspecified atom stereocenters. The molecule has 0 N–H and O–H groups in total. The molecule has 0 saturated carbocycles. The maximum absolute atomic E-state index is 13.0. The Kier molecular flexibility index (Phi) is 22.3. The van der Waals surface area contributed by atoms with E-state index in [9.17, 15) is 8.42 Å². The van der Waals surface area contributed by atoms with Crippen LogP contribution in [0.4, 0.5) is 0 Å². The smallest absolute Gasteiger partial charge is 0.212 e. The van der Waals surface area contributed by atoms with Gasteiger partial charge in [0.05, 0.1) is 17.9 Å². The fourth-order valence-corrected chi connectivity index (χ4v) is 5.62. The van der Waals surface area contributed by atoms with Crippen molar-refractivity contribution >= 4 is 10.0 Å². The highest BCUT2D eigenvalue weighted by Crippen LogP contribution is 2.15. The summed E-state index contributed by atoms with van der Waals surface area (Å²) >= 11 is 0. The van der Waals surface area contributed by atoms with Gasteiger partial charge in [-0.15, -0.1) is 0 Å². The maximum Gasteiger partial charge on any atom is 0.214 e. The van der Waals surface area contributed by atoms with Crippen molar-refractivity contribution in [1.29, 1.82) is 10.5 Å². The van der Waals surface area contributed by atoms with Gasteiger partial charge >= 0.3 is 0 Å². The zero-order valence-corrected chi connectivity index (χ0v) is 21.6. The van der Waals surface area contributed by atoms with Crippen molar-refractivity contribution in [2.75, 3.05) is 18.8 Å². The Morgan fingerprint density at radius 3 is 1.38 bits per heavy atom. The van der Waals surface area contributed by atoms with Gasteiger partial charge in [-0.25, -0.2) is 12.7 Å². The van der Waals surface area contributed by atoms with Gasteiger partial charge in [-0.05, 0) is 32.1 Å². The van der Waals surface area contributed by atoms with Gasteiger partial charge in [0.1, 0.15) is 0 Å². The third kappa shape index (κ3) is 19.6. The molecule has 0 aliphatic rings. The van der Waals surface area contributed by atoms with E-state index >= 15 is 0 Å². The zero-order valence-electron chi connectivity index (χ0n) is 20.8. The molecular weight excluding hydrogens is 418 g/mol. The van der Waals surface area contributed by atoms with Crippen LogP contribution in [-0.2, 0) is 10.0 Å². The summed E-state index contributed by atoms with van der Waals surface area (Å²) in [4.78, 5) is 0. The lowest BCUT2D eigenvalue weighted by Gasteiger charge is -2.22. The Hall–Kier alpha value is -1.11. The summed E-state index contributed by atoms with van der Waals surface area (Å²) in [6.07, 6.45) is 20.6. The number of sulfonamides is 1. The van der Waals surface area contributed by atoms with Crippen LogP contribution in [0.1, 0.15) is 135 Å². The molecule has 0 saturated heterocycles. The molecule has 0 radical (unpaired) electrons. The van der Waals surface area contributed by atoms with Crippen LogP contribution >= 0.6 is 0 Å². The Bertz CT molecular complexity index is 565. The van der Waals surface area contributed by atoms with Gasteiger partial charge in [-0.2, -0.15) is 10.5 Å². The average molecular weight is 468 g/mol. The summed E-state index contributed by atoms with van der Waals surface area (Å²) in [7, 11) is -3.18. The van der Waals surface area contributed by atoms with E-state index in [4.69, 9.17) is 10.5 Å². The lowest BCUT2D eigenvalue weighted by atomic mass is 10.1. The average Bonchev–Trinajstić information content (AvgIpc) is 2.78. The van der Waals surface area contributed by atoms with E-state index in [0.29, 0.717) is 25.9 Å². The minimum absolute atomic E-state index is 0.284. The molecule has 186 valence electrons. The monoisotopic (exact) mass is 467 g/mol. The Balaban J connectivity index is 4.29. The van der Waals surface area contributed by atoms with E-state index in [-0.39, 0.29) is 5.75 Å². The Morgan fingerprint density at radius 2 is 0.938 bits per heavy atom. The molecule has 0 heterocycles. The fraction of sp³-hybridized carbons (Fsp3) is 0.923. The first-order valence-corrected chi connectivity index (χ1v) is 14.9. The molecule has 0 aromatic rings. The molecule has 0 amide bonds.